The first-order valence-electron chi connectivity index (χ1n) is 6.08. The van der Waals surface area contributed by atoms with Crippen molar-refractivity contribution in [2.45, 2.75) is 26.5 Å². The van der Waals surface area contributed by atoms with Gasteiger partial charge in [-0.3, -0.25) is 0 Å². The quantitative estimate of drug-likeness (QED) is 0.812. The van der Waals surface area contributed by atoms with Crippen LogP contribution in [0.1, 0.15) is 19.6 Å². The van der Waals surface area contributed by atoms with Gasteiger partial charge in [-0.2, -0.15) is 0 Å². The fourth-order valence-corrected chi connectivity index (χ4v) is 1.66. The minimum Gasteiger partial charge on any atom is -0.488 e. The van der Waals surface area contributed by atoms with E-state index < -0.39 is 5.82 Å². The highest BCUT2D eigenvalue weighted by molar-refractivity contribution is 5.68. The molecule has 2 aromatic rings. The number of hydrogen-bond donors (Lipinski definition) is 2. The Balaban J connectivity index is 2.15. The van der Waals surface area contributed by atoms with Crippen molar-refractivity contribution in [3.05, 3.63) is 42.1 Å². The molecule has 102 valence electrons. The van der Waals surface area contributed by atoms with Crippen molar-refractivity contribution in [2.75, 3.05) is 11.1 Å². The van der Waals surface area contributed by atoms with Crippen LogP contribution in [0.5, 0.6) is 5.75 Å². The van der Waals surface area contributed by atoms with Gasteiger partial charge in [0.15, 0.2) is 11.6 Å². The van der Waals surface area contributed by atoms with E-state index in [9.17, 15) is 4.39 Å². The number of nitrogens with one attached hydrogen (secondary N) is 1. The Bertz CT molecular complexity index is 539. The van der Waals surface area contributed by atoms with E-state index >= 15 is 0 Å². The summed E-state index contributed by atoms with van der Waals surface area (Å²) in [5, 5.41) is 3.09. The maximum Gasteiger partial charge on any atom is 0.167 e. The van der Waals surface area contributed by atoms with Crippen LogP contribution >= 0.6 is 0 Å². The van der Waals surface area contributed by atoms with Crippen LogP contribution < -0.4 is 15.8 Å². The minimum absolute atomic E-state index is 0.101. The Morgan fingerprint density at radius 3 is 2.84 bits per heavy atom. The van der Waals surface area contributed by atoms with E-state index in [-0.39, 0.29) is 11.9 Å². The smallest absolute Gasteiger partial charge is 0.167 e. The molecule has 1 heterocycles. The van der Waals surface area contributed by atoms with E-state index in [1.54, 1.807) is 18.4 Å². The molecule has 3 N–H and O–H groups in total. The lowest BCUT2D eigenvalue weighted by Gasteiger charge is -2.14. The van der Waals surface area contributed by atoms with Crippen molar-refractivity contribution in [1.29, 1.82) is 0 Å². The number of nitrogens with two attached hydrogens (primary N) is 1. The summed E-state index contributed by atoms with van der Waals surface area (Å²) in [7, 11) is 0. The number of furan rings is 1. The fourth-order valence-electron chi connectivity index (χ4n) is 1.66. The molecule has 0 saturated carbocycles. The fraction of sp³-hybridized carbons (Fsp3) is 0.286. The van der Waals surface area contributed by atoms with Gasteiger partial charge in [0, 0.05) is 12.1 Å². The standard InChI is InChI=1S/C14H17FN2O2/c1-9(2)19-14-7-13(12(16)6-11(14)15)17-8-10-4-3-5-18-10/h3-7,9,17H,8,16H2,1-2H3. The Kier molecular flexibility index (Phi) is 3.94. The molecule has 0 unspecified atom stereocenters. The second kappa shape index (κ2) is 5.65. The van der Waals surface area contributed by atoms with Crippen molar-refractivity contribution in [2.24, 2.45) is 0 Å². The Hall–Kier alpha value is -2.17. The van der Waals surface area contributed by atoms with Crippen LogP contribution in [0.4, 0.5) is 15.8 Å². The molecular formula is C14H17FN2O2. The first-order valence-corrected chi connectivity index (χ1v) is 6.08. The second-order valence-corrected chi connectivity index (χ2v) is 4.47. The number of rotatable bonds is 5. The molecule has 5 heteroatoms. The van der Waals surface area contributed by atoms with Crippen LogP contribution in [-0.4, -0.2) is 6.10 Å². The van der Waals surface area contributed by atoms with Gasteiger partial charge in [0.05, 0.1) is 30.3 Å². The Morgan fingerprint density at radius 2 is 2.21 bits per heavy atom. The highest BCUT2D eigenvalue weighted by Crippen LogP contribution is 2.29. The first-order chi connectivity index (χ1) is 9.06. The summed E-state index contributed by atoms with van der Waals surface area (Å²) in [5.41, 5.74) is 6.72. The Morgan fingerprint density at radius 1 is 1.42 bits per heavy atom. The van der Waals surface area contributed by atoms with Crippen molar-refractivity contribution in [1.82, 2.24) is 0 Å². The van der Waals surface area contributed by atoms with Crippen LogP contribution in [0.3, 0.4) is 0 Å². The molecule has 0 bridgehead atoms. The summed E-state index contributed by atoms with van der Waals surface area (Å²) in [6.07, 6.45) is 1.49. The first kappa shape index (κ1) is 13.3. The van der Waals surface area contributed by atoms with Crippen LogP contribution in [0.25, 0.3) is 0 Å². The number of anilines is 2. The molecule has 0 fully saturated rings. The average Bonchev–Trinajstić information content (AvgIpc) is 2.83. The lowest BCUT2D eigenvalue weighted by molar-refractivity contribution is 0.231. The number of ether oxygens (including phenoxy) is 1. The molecular weight excluding hydrogens is 247 g/mol. The zero-order valence-electron chi connectivity index (χ0n) is 10.9. The summed E-state index contributed by atoms with van der Waals surface area (Å²) in [4.78, 5) is 0. The number of halogens is 1. The van der Waals surface area contributed by atoms with Gasteiger partial charge in [-0.1, -0.05) is 0 Å². The third-order valence-corrected chi connectivity index (χ3v) is 2.50. The molecule has 0 spiro atoms. The summed E-state index contributed by atoms with van der Waals surface area (Å²) < 4.78 is 24.2. The largest absolute Gasteiger partial charge is 0.488 e. The average molecular weight is 264 g/mol. The normalized spacial score (nSPS) is 10.7. The van der Waals surface area contributed by atoms with Gasteiger partial charge in [0.25, 0.3) is 0 Å². The Labute approximate surface area is 111 Å². The van der Waals surface area contributed by atoms with E-state index in [2.05, 4.69) is 5.32 Å². The van der Waals surface area contributed by atoms with E-state index in [1.807, 2.05) is 19.9 Å². The molecule has 1 aromatic heterocycles. The molecule has 0 aliphatic carbocycles. The van der Waals surface area contributed by atoms with Crippen LogP contribution in [-0.2, 0) is 6.54 Å². The second-order valence-electron chi connectivity index (χ2n) is 4.47. The number of benzene rings is 1. The number of nitrogen functional groups attached to an aromatic ring is 1. The summed E-state index contributed by atoms with van der Waals surface area (Å²) >= 11 is 0. The molecule has 0 atom stereocenters. The lowest BCUT2D eigenvalue weighted by Crippen LogP contribution is -2.09. The molecule has 0 aliphatic heterocycles. The molecule has 0 saturated heterocycles. The van der Waals surface area contributed by atoms with Crippen molar-refractivity contribution in [3.63, 3.8) is 0 Å². The van der Waals surface area contributed by atoms with Crippen molar-refractivity contribution < 1.29 is 13.5 Å². The van der Waals surface area contributed by atoms with E-state index in [4.69, 9.17) is 14.9 Å². The van der Waals surface area contributed by atoms with Crippen LogP contribution in [0.2, 0.25) is 0 Å². The summed E-state index contributed by atoms with van der Waals surface area (Å²) in [6, 6.07) is 6.46. The van der Waals surface area contributed by atoms with Gasteiger partial charge in [-0.15, -0.1) is 0 Å². The molecule has 19 heavy (non-hydrogen) atoms. The van der Waals surface area contributed by atoms with Gasteiger partial charge in [-0.25, -0.2) is 4.39 Å². The SMILES string of the molecule is CC(C)Oc1cc(NCc2ccco2)c(N)cc1F. The molecule has 1 aromatic carbocycles. The predicted octanol–water partition coefficient (Wildman–Crippen LogP) is 3.40. The number of hydrogen-bond acceptors (Lipinski definition) is 4. The molecule has 4 nitrogen and oxygen atoms in total. The maximum atomic E-state index is 13.7. The van der Waals surface area contributed by atoms with Crippen LogP contribution in [0.15, 0.2) is 34.9 Å². The topological polar surface area (TPSA) is 60.4 Å². The van der Waals surface area contributed by atoms with Crippen molar-refractivity contribution >= 4 is 11.4 Å². The lowest BCUT2D eigenvalue weighted by atomic mass is 10.2. The third-order valence-electron chi connectivity index (χ3n) is 2.50. The van der Waals surface area contributed by atoms with Gasteiger partial charge >= 0.3 is 0 Å². The summed E-state index contributed by atoms with van der Waals surface area (Å²) in [6.45, 7) is 4.15. The van der Waals surface area contributed by atoms with Gasteiger partial charge in [0.2, 0.25) is 0 Å². The van der Waals surface area contributed by atoms with Gasteiger partial charge in [-0.05, 0) is 26.0 Å². The summed E-state index contributed by atoms with van der Waals surface area (Å²) in [5.74, 6) is 0.496. The van der Waals surface area contributed by atoms with Crippen LogP contribution in [0, 0.1) is 5.82 Å². The highest BCUT2D eigenvalue weighted by Gasteiger charge is 2.10. The monoisotopic (exact) mass is 264 g/mol. The highest BCUT2D eigenvalue weighted by atomic mass is 19.1. The predicted molar refractivity (Wildman–Crippen MR) is 72.6 cm³/mol. The van der Waals surface area contributed by atoms with Gasteiger partial charge < -0.3 is 20.2 Å². The zero-order chi connectivity index (χ0) is 13.8. The molecule has 0 aliphatic rings. The van der Waals surface area contributed by atoms with E-state index in [0.29, 0.717) is 17.9 Å². The van der Waals surface area contributed by atoms with Crippen molar-refractivity contribution in [3.8, 4) is 5.75 Å². The molecule has 2 rings (SSSR count). The zero-order valence-corrected chi connectivity index (χ0v) is 10.9. The van der Waals surface area contributed by atoms with E-state index in [0.717, 1.165) is 5.76 Å². The van der Waals surface area contributed by atoms with Gasteiger partial charge in [0.1, 0.15) is 5.76 Å². The maximum absolute atomic E-state index is 13.7. The molecule has 0 radical (unpaired) electrons. The molecule has 0 amide bonds. The third kappa shape index (κ3) is 3.40. The van der Waals surface area contributed by atoms with E-state index in [1.165, 1.54) is 6.07 Å². The minimum atomic E-state index is -0.463.